The molecule has 0 aliphatic rings. The smallest absolute Gasteiger partial charge is 0.206 e. The Hall–Kier alpha value is -1.84. The molecule has 8 heteroatoms. The lowest BCUT2D eigenvalue weighted by Gasteiger charge is -2.09. The van der Waals surface area contributed by atoms with E-state index in [-0.39, 0.29) is 11.5 Å². The second-order valence-corrected chi connectivity index (χ2v) is 5.44. The highest BCUT2D eigenvalue weighted by atomic mass is 127. The molecule has 0 bridgehead atoms. The van der Waals surface area contributed by atoms with E-state index in [1.165, 1.54) is 6.07 Å². The standard InChI is InChI=1S/C13H6F4IN3/c14-5-1-7(16)12(17)11(2-5)21-10-3-6(15)8(18)4-9(10)20-13(21)19/h1-4H,(H2,19,20). The topological polar surface area (TPSA) is 43.8 Å². The van der Waals surface area contributed by atoms with Crippen molar-refractivity contribution in [2.24, 2.45) is 0 Å². The van der Waals surface area contributed by atoms with Crippen LogP contribution in [-0.4, -0.2) is 9.55 Å². The van der Waals surface area contributed by atoms with Crippen LogP contribution in [0.2, 0.25) is 0 Å². The minimum absolute atomic E-state index is 0.120. The first-order valence-electron chi connectivity index (χ1n) is 5.66. The zero-order chi connectivity index (χ0) is 15.3. The average Bonchev–Trinajstić information content (AvgIpc) is 2.70. The summed E-state index contributed by atoms with van der Waals surface area (Å²) >= 11 is 1.77. The van der Waals surface area contributed by atoms with Crippen LogP contribution in [0, 0.1) is 26.8 Å². The number of halogens is 5. The van der Waals surface area contributed by atoms with Gasteiger partial charge in [-0.1, -0.05) is 0 Å². The molecule has 0 spiro atoms. The maximum Gasteiger partial charge on any atom is 0.206 e. The van der Waals surface area contributed by atoms with Crippen LogP contribution in [0.3, 0.4) is 0 Å². The fourth-order valence-corrected chi connectivity index (χ4v) is 2.50. The van der Waals surface area contributed by atoms with Gasteiger partial charge in [0, 0.05) is 18.2 Å². The molecular formula is C13H6F4IN3. The number of hydrogen-bond acceptors (Lipinski definition) is 2. The van der Waals surface area contributed by atoms with E-state index in [2.05, 4.69) is 4.98 Å². The molecular weight excluding hydrogens is 401 g/mol. The van der Waals surface area contributed by atoms with E-state index >= 15 is 0 Å². The summed E-state index contributed by atoms with van der Waals surface area (Å²) in [6, 6.07) is 3.68. The zero-order valence-electron chi connectivity index (χ0n) is 10.2. The van der Waals surface area contributed by atoms with Gasteiger partial charge in [-0.25, -0.2) is 22.5 Å². The lowest BCUT2D eigenvalue weighted by Crippen LogP contribution is -2.05. The fraction of sp³-hybridized carbons (Fsp3) is 0. The largest absolute Gasteiger partial charge is 0.369 e. The maximum atomic E-state index is 13.9. The minimum atomic E-state index is -1.36. The van der Waals surface area contributed by atoms with Crippen LogP contribution >= 0.6 is 22.6 Å². The van der Waals surface area contributed by atoms with Crippen LogP contribution in [0.15, 0.2) is 24.3 Å². The second-order valence-electron chi connectivity index (χ2n) is 4.28. The predicted molar refractivity (Wildman–Crippen MR) is 78.0 cm³/mol. The summed E-state index contributed by atoms with van der Waals surface area (Å²) in [6.07, 6.45) is 0. The van der Waals surface area contributed by atoms with Gasteiger partial charge in [-0.2, -0.15) is 0 Å². The number of hydrogen-bond donors (Lipinski definition) is 1. The number of anilines is 1. The van der Waals surface area contributed by atoms with Gasteiger partial charge in [0.1, 0.15) is 11.6 Å². The average molecular weight is 407 g/mol. The Labute approximate surface area is 129 Å². The van der Waals surface area contributed by atoms with Gasteiger partial charge in [0.2, 0.25) is 5.95 Å². The Bertz CT molecular complexity index is 876. The molecule has 3 aromatic rings. The minimum Gasteiger partial charge on any atom is -0.369 e. The van der Waals surface area contributed by atoms with E-state index in [1.807, 2.05) is 0 Å². The Kier molecular flexibility index (Phi) is 3.27. The van der Waals surface area contributed by atoms with Crippen molar-refractivity contribution in [3.63, 3.8) is 0 Å². The molecule has 3 nitrogen and oxygen atoms in total. The monoisotopic (exact) mass is 407 g/mol. The molecule has 0 amide bonds. The van der Waals surface area contributed by atoms with E-state index in [0.29, 0.717) is 15.2 Å². The van der Waals surface area contributed by atoms with Gasteiger partial charge >= 0.3 is 0 Å². The SMILES string of the molecule is Nc1nc2cc(I)c(F)cc2n1-c1cc(F)cc(F)c1F. The van der Waals surface area contributed by atoms with E-state index in [1.54, 1.807) is 22.6 Å². The van der Waals surface area contributed by atoms with Crippen LogP contribution in [0.1, 0.15) is 0 Å². The summed E-state index contributed by atoms with van der Waals surface area (Å²) in [7, 11) is 0. The van der Waals surface area contributed by atoms with Crippen molar-refractivity contribution in [1.82, 2.24) is 9.55 Å². The number of rotatable bonds is 1. The summed E-state index contributed by atoms with van der Waals surface area (Å²) in [5.74, 6) is -4.40. The van der Waals surface area contributed by atoms with Crippen molar-refractivity contribution >= 4 is 39.6 Å². The lowest BCUT2D eigenvalue weighted by atomic mass is 10.2. The van der Waals surface area contributed by atoms with Crippen molar-refractivity contribution in [2.75, 3.05) is 5.73 Å². The van der Waals surface area contributed by atoms with Crippen LogP contribution in [-0.2, 0) is 0 Å². The van der Waals surface area contributed by atoms with Crippen molar-refractivity contribution < 1.29 is 17.6 Å². The summed E-state index contributed by atoms with van der Waals surface area (Å²) in [4.78, 5) is 3.95. The highest BCUT2D eigenvalue weighted by Crippen LogP contribution is 2.28. The van der Waals surface area contributed by atoms with E-state index in [9.17, 15) is 17.6 Å². The molecule has 0 atom stereocenters. The molecule has 108 valence electrons. The molecule has 0 aliphatic heterocycles. The maximum absolute atomic E-state index is 13.9. The third kappa shape index (κ3) is 2.23. The fourth-order valence-electron chi connectivity index (χ4n) is 2.05. The Morgan fingerprint density at radius 2 is 1.71 bits per heavy atom. The molecule has 0 aliphatic carbocycles. The number of nitrogen functional groups attached to an aromatic ring is 1. The Balaban J connectivity index is 2.40. The van der Waals surface area contributed by atoms with E-state index < -0.39 is 29.0 Å². The number of imidazole rings is 1. The number of nitrogens with two attached hydrogens (primary N) is 1. The molecule has 1 heterocycles. The summed E-state index contributed by atoms with van der Waals surface area (Å²) < 4.78 is 55.5. The molecule has 0 radical (unpaired) electrons. The Morgan fingerprint density at radius 1 is 1.00 bits per heavy atom. The number of benzene rings is 2. The number of nitrogens with zero attached hydrogens (tertiary/aromatic N) is 2. The van der Waals surface area contributed by atoms with Gasteiger partial charge in [-0.15, -0.1) is 0 Å². The van der Waals surface area contributed by atoms with Crippen LogP contribution in [0.4, 0.5) is 23.5 Å². The first-order chi connectivity index (χ1) is 9.88. The van der Waals surface area contributed by atoms with Crippen LogP contribution < -0.4 is 5.73 Å². The molecule has 0 fully saturated rings. The highest BCUT2D eigenvalue weighted by Gasteiger charge is 2.19. The lowest BCUT2D eigenvalue weighted by molar-refractivity contribution is 0.491. The van der Waals surface area contributed by atoms with Gasteiger partial charge in [-0.3, -0.25) is 4.57 Å². The van der Waals surface area contributed by atoms with Gasteiger partial charge in [0.05, 0.1) is 20.3 Å². The summed E-state index contributed by atoms with van der Waals surface area (Å²) in [5, 5.41) is 0. The molecule has 0 saturated heterocycles. The summed E-state index contributed by atoms with van der Waals surface area (Å²) in [5.41, 5.74) is 5.62. The third-order valence-electron chi connectivity index (χ3n) is 2.94. The molecule has 0 unspecified atom stereocenters. The van der Waals surface area contributed by atoms with Crippen molar-refractivity contribution in [1.29, 1.82) is 0 Å². The molecule has 2 N–H and O–H groups in total. The normalized spacial score (nSPS) is 11.3. The number of fused-ring (bicyclic) bond motifs is 1. The quantitative estimate of drug-likeness (QED) is 0.379. The Morgan fingerprint density at radius 3 is 2.43 bits per heavy atom. The van der Waals surface area contributed by atoms with Gasteiger partial charge in [-0.05, 0) is 28.7 Å². The van der Waals surface area contributed by atoms with Crippen molar-refractivity contribution in [3.05, 3.63) is 51.1 Å². The molecule has 21 heavy (non-hydrogen) atoms. The van der Waals surface area contributed by atoms with E-state index in [4.69, 9.17) is 5.73 Å². The highest BCUT2D eigenvalue weighted by molar-refractivity contribution is 14.1. The summed E-state index contributed by atoms with van der Waals surface area (Å²) in [6.45, 7) is 0. The van der Waals surface area contributed by atoms with E-state index in [0.717, 1.165) is 16.7 Å². The molecule has 2 aromatic carbocycles. The van der Waals surface area contributed by atoms with Crippen LogP contribution in [0.25, 0.3) is 16.7 Å². The van der Waals surface area contributed by atoms with Gasteiger partial charge in [0.15, 0.2) is 11.6 Å². The van der Waals surface area contributed by atoms with Crippen LogP contribution in [0.5, 0.6) is 0 Å². The van der Waals surface area contributed by atoms with Crippen molar-refractivity contribution in [3.8, 4) is 5.69 Å². The zero-order valence-corrected chi connectivity index (χ0v) is 12.3. The molecule has 1 aromatic heterocycles. The molecule has 0 saturated carbocycles. The molecule has 3 rings (SSSR count). The first-order valence-corrected chi connectivity index (χ1v) is 6.74. The first kappa shape index (κ1) is 14.1. The predicted octanol–water partition coefficient (Wildman–Crippen LogP) is 3.77. The van der Waals surface area contributed by atoms with Crippen molar-refractivity contribution in [2.45, 2.75) is 0 Å². The van der Waals surface area contributed by atoms with Gasteiger partial charge in [0.25, 0.3) is 0 Å². The second kappa shape index (κ2) is 4.86. The number of aromatic nitrogens is 2. The third-order valence-corrected chi connectivity index (χ3v) is 3.76. The van der Waals surface area contributed by atoms with Gasteiger partial charge < -0.3 is 5.73 Å².